The van der Waals surface area contributed by atoms with E-state index in [0.29, 0.717) is 34.6 Å². The Labute approximate surface area is 130 Å². The van der Waals surface area contributed by atoms with E-state index in [9.17, 15) is 9.90 Å². The highest BCUT2D eigenvalue weighted by Crippen LogP contribution is 2.36. The molecule has 2 N–H and O–H groups in total. The molecule has 1 atom stereocenters. The summed E-state index contributed by atoms with van der Waals surface area (Å²) in [5.41, 5.74) is 0.356. The number of nitrogens with one attached hydrogen (secondary N) is 1. The van der Waals surface area contributed by atoms with Gasteiger partial charge in [-0.3, -0.25) is 4.79 Å². The molecule has 0 aliphatic heterocycles. The van der Waals surface area contributed by atoms with Crippen molar-refractivity contribution in [2.75, 3.05) is 20.3 Å². The molecule has 0 radical (unpaired) electrons. The molecule has 6 heteroatoms. The van der Waals surface area contributed by atoms with E-state index in [2.05, 4.69) is 5.32 Å². The monoisotopic (exact) mass is 315 g/mol. The Balaban J connectivity index is 2.94. The molecule has 0 saturated carbocycles. The number of rotatable bonds is 7. The summed E-state index contributed by atoms with van der Waals surface area (Å²) in [6.45, 7) is 6.32. The molecule has 21 heavy (non-hydrogen) atoms. The van der Waals surface area contributed by atoms with E-state index in [1.807, 2.05) is 13.8 Å². The molecule has 118 valence electrons. The maximum absolute atomic E-state index is 12.0. The van der Waals surface area contributed by atoms with Crippen LogP contribution in [0.4, 0.5) is 0 Å². The lowest BCUT2D eigenvalue weighted by Crippen LogP contribution is -2.30. The number of ether oxygens (including phenoxy) is 2. The van der Waals surface area contributed by atoms with Gasteiger partial charge in [0.15, 0.2) is 11.5 Å². The summed E-state index contributed by atoms with van der Waals surface area (Å²) < 4.78 is 10.9. The van der Waals surface area contributed by atoms with Gasteiger partial charge in [-0.2, -0.15) is 0 Å². The predicted octanol–water partition coefficient (Wildman–Crippen LogP) is 2.49. The second kappa shape index (κ2) is 8.10. The average molecular weight is 316 g/mol. The van der Waals surface area contributed by atoms with Crippen molar-refractivity contribution in [3.8, 4) is 11.5 Å². The van der Waals surface area contributed by atoms with E-state index < -0.39 is 6.10 Å². The summed E-state index contributed by atoms with van der Waals surface area (Å²) in [6, 6.07) is 3.09. The van der Waals surface area contributed by atoms with Crippen molar-refractivity contribution in [1.29, 1.82) is 0 Å². The summed E-state index contributed by atoms with van der Waals surface area (Å²) in [5, 5.41) is 12.1. The van der Waals surface area contributed by atoms with Crippen molar-refractivity contribution >= 4 is 17.5 Å². The maximum atomic E-state index is 12.0. The SMILES string of the molecule is COc1cc(C(=O)NCC(C)O)cc(Cl)c1OCC(C)C. The molecule has 0 bridgehead atoms. The van der Waals surface area contributed by atoms with Crippen LogP contribution < -0.4 is 14.8 Å². The van der Waals surface area contributed by atoms with E-state index in [1.165, 1.54) is 13.2 Å². The van der Waals surface area contributed by atoms with Crippen LogP contribution in [0.5, 0.6) is 11.5 Å². The van der Waals surface area contributed by atoms with Gasteiger partial charge in [-0.15, -0.1) is 0 Å². The van der Waals surface area contributed by atoms with Gasteiger partial charge in [-0.25, -0.2) is 0 Å². The van der Waals surface area contributed by atoms with Crippen LogP contribution in [0.3, 0.4) is 0 Å². The number of hydrogen-bond donors (Lipinski definition) is 2. The van der Waals surface area contributed by atoms with Gasteiger partial charge in [-0.05, 0) is 25.0 Å². The first-order chi connectivity index (χ1) is 9.85. The van der Waals surface area contributed by atoms with Crippen LogP contribution in [0.25, 0.3) is 0 Å². The Hall–Kier alpha value is -1.46. The molecule has 1 aromatic rings. The van der Waals surface area contributed by atoms with Crippen LogP contribution >= 0.6 is 11.6 Å². The fraction of sp³-hybridized carbons (Fsp3) is 0.533. The lowest BCUT2D eigenvalue weighted by molar-refractivity contribution is 0.0923. The number of benzene rings is 1. The Morgan fingerprint density at radius 3 is 2.57 bits per heavy atom. The normalized spacial score (nSPS) is 12.1. The molecule has 0 saturated heterocycles. The molecule has 5 nitrogen and oxygen atoms in total. The first-order valence-corrected chi connectivity index (χ1v) is 7.19. The summed E-state index contributed by atoms with van der Waals surface area (Å²) in [7, 11) is 1.49. The van der Waals surface area contributed by atoms with Crippen LogP contribution in [-0.4, -0.2) is 37.4 Å². The number of methoxy groups -OCH3 is 1. The van der Waals surface area contributed by atoms with Gasteiger partial charge >= 0.3 is 0 Å². The van der Waals surface area contributed by atoms with Crippen LogP contribution in [0.1, 0.15) is 31.1 Å². The molecular formula is C15H22ClNO4. The second-order valence-electron chi connectivity index (χ2n) is 5.25. The molecule has 0 aliphatic rings. The molecule has 1 rings (SSSR count). The van der Waals surface area contributed by atoms with Crippen LogP contribution in [0.2, 0.25) is 5.02 Å². The Morgan fingerprint density at radius 2 is 2.05 bits per heavy atom. The van der Waals surface area contributed by atoms with Gasteiger partial charge in [0, 0.05) is 12.1 Å². The number of carbonyl (C=O) groups is 1. The molecule has 0 fully saturated rings. The van der Waals surface area contributed by atoms with Crippen LogP contribution in [0, 0.1) is 5.92 Å². The lowest BCUT2D eigenvalue weighted by Gasteiger charge is -2.15. The van der Waals surface area contributed by atoms with E-state index in [1.54, 1.807) is 13.0 Å². The topological polar surface area (TPSA) is 67.8 Å². The third kappa shape index (κ3) is 5.44. The zero-order valence-electron chi connectivity index (χ0n) is 12.8. The van der Waals surface area contributed by atoms with Crippen molar-refractivity contribution in [3.05, 3.63) is 22.7 Å². The standard InChI is InChI=1S/C15H22ClNO4/c1-9(2)8-21-14-12(16)5-11(6-13(14)20-4)15(19)17-7-10(3)18/h5-6,9-10,18H,7-8H2,1-4H3,(H,17,19). The third-order valence-corrected chi connectivity index (χ3v) is 2.89. The van der Waals surface area contributed by atoms with Crippen molar-refractivity contribution in [3.63, 3.8) is 0 Å². The van der Waals surface area contributed by atoms with E-state index in [0.717, 1.165) is 0 Å². The molecule has 0 spiro atoms. The Bertz CT molecular complexity index is 489. The summed E-state index contributed by atoms with van der Waals surface area (Å²) in [5.74, 6) is 0.858. The summed E-state index contributed by atoms with van der Waals surface area (Å²) in [6.07, 6.45) is -0.611. The highest BCUT2D eigenvalue weighted by molar-refractivity contribution is 6.32. The first-order valence-electron chi connectivity index (χ1n) is 6.81. The second-order valence-corrected chi connectivity index (χ2v) is 5.66. The van der Waals surface area contributed by atoms with Crippen molar-refractivity contribution in [2.24, 2.45) is 5.92 Å². The molecule has 0 aliphatic carbocycles. The van der Waals surface area contributed by atoms with Gasteiger partial charge < -0.3 is 19.9 Å². The van der Waals surface area contributed by atoms with Gasteiger partial charge in [0.25, 0.3) is 5.91 Å². The zero-order valence-corrected chi connectivity index (χ0v) is 13.5. The van der Waals surface area contributed by atoms with Gasteiger partial charge in [-0.1, -0.05) is 25.4 Å². The lowest BCUT2D eigenvalue weighted by atomic mass is 10.1. The average Bonchev–Trinajstić information content (AvgIpc) is 2.42. The minimum Gasteiger partial charge on any atom is -0.493 e. The fourth-order valence-electron chi connectivity index (χ4n) is 1.58. The van der Waals surface area contributed by atoms with Crippen molar-refractivity contribution in [1.82, 2.24) is 5.32 Å². The highest BCUT2D eigenvalue weighted by Gasteiger charge is 2.16. The smallest absolute Gasteiger partial charge is 0.251 e. The molecule has 1 aromatic carbocycles. The summed E-state index contributed by atoms with van der Waals surface area (Å²) in [4.78, 5) is 12.0. The number of halogens is 1. The number of aliphatic hydroxyl groups excluding tert-OH is 1. The zero-order chi connectivity index (χ0) is 16.0. The number of hydrogen-bond acceptors (Lipinski definition) is 4. The van der Waals surface area contributed by atoms with E-state index >= 15 is 0 Å². The van der Waals surface area contributed by atoms with Gasteiger partial charge in [0.1, 0.15) is 0 Å². The molecular weight excluding hydrogens is 294 g/mol. The van der Waals surface area contributed by atoms with E-state index in [4.69, 9.17) is 21.1 Å². The van der Waals surface area contributed by atoms with Crippen molar-refractivity contribution in [2.45, 2.75) is 26.9 Å². The molecule has 0 heterocycles. The van der Waals surface area contributed by atoms with Gasteiger partial charge in [0.2, 0.25) is 0 Å². The third-order valence-electron chi connectivity index (χ3n) is 2.61. The maximum Gasteiger partial charge on any atom is 0.251 e. The minimum absolute atomic E-state index is 0.171. The quantitative estimate of drug-likeness (QED) is 0.811. The highest BCUT2D eigenvalue weighted by atomic mass is 35.5. The van der Waals surface area contributed by atoms with Crippen LogP contribution in [-0.2, 0) is 0 Å². The Morgan fingerprint density at radius 1 is 1.38 bits per heavy atom. The first kappa shape index (κ1) is 17.6. The largest absolute Gasteiger partial charge is 0.493 e. The van der Waals surface area contributed by atoms with Crippen molar-refractivity contribution < 1.29 is 19.4 Å². The molecule has 1 amide bonds. The minimum atomic E-state index is -0.611. The van der Waals surface area contributed by atoms with Gasteiger partial charge in [0.05, 0.1) is 24.8 Å². The predicted molar refractivity (Wildman–Crippen MR) is 82.4 cm³/mol. The molecule has 0 aromatic heterocycles. The summed E-state index contributed by atoms with van der Waals surface area (Å²) >= 11 is 6.17. The number of amides is 1. The fourth-order valence-corrected chi connectivity index (χ4v) is 1.85. The number of aliphatic hydroxyl groups is 1. The molecule has 1 unspecified atom stereocenters. The number of carbonyl (C=O) groups excluding carboxylic acids is 1. The van der Waals surface area contributed by atoms with Crippen LogP contribution in [0.15, 0.2) is 12.1 Å². The van der Waals surface area contributed by atoms with E-state index in [-0.39, 0.29) is 12.5 Å². The Kier molecular flexibility index (Phi) is 6.78.